The predicted molar refractivity (Wildman–Crippen MR) is 66.0 cm³/mol. The minimum absolute atomic E-state index is 0.207. The molecule has 0 fully saturated rings. The summed E-state index contributed by atoms with van der Waals surface area (Å²) in [6.07, 6.45) is 1.60. The van der Waals surface area contributed by atoms with Gasteiger partial charge in [0.15, 0.2) is 0 Å². The summed E-state index contributed by atoms with van der Waals surface area (Å²) in [7, 11) is 1.90. The SMILES string of the molecule is CNCc1ccc(OCCCCO)c(Cl)c1. The van der Waals surface area contributed by atoms with Crippen molar-refractivity contribution < 1.29 is 9.84 Å². The first-order valence-corrected chi connectivity index (χ1v) is 5.82. The molecule has 0 aliphatic carbocycles. The topological polar surface area (TPSA) is 41.5 Å². The third kappa shape index (κ3) is 4.39. The fraction of sp³-hybridized carbons (Fsp3) is 0.500. The zero-order valence-electron chi connectivity index (χ0n) is 9.50. The molecular formula is C12H18ClNO2. The van der Waals surface area contributed by atoms with Gasteiger partial charge in [-0.15, -0.1) is 0 Å². The van der Waals surface area contributed by atoms with Crippen molar-refractivity contribution in [3.05, 3.63) is 28.8 Å². The molecule has 1 aromatic rings. The number of rotatable bonds is 7. The number of halogens is 1. The second-order valence-electron chi connectivity index (χ2n) is 3.57. The highest BCUT2D eigenvalue weighted by atomic mass is 35.5. The van der Waals surface area contributed by atoms with E-state index in [1.165, 1.54) is 0 Å². The monoisotopic (exact) mass is 243 g/mol. The average Bonchev–Trinajstić information content (AvgIpc) is 2.27. The first kappa shape index (κ1) is 13.3. The molecule has 0 unspecified atom stereocenters. The lowest BCUT2D eigenvalue weighted by molar-refractivity contribution is 0.253. The Hall–Kier alpha value is -0.770. The molecule has 3 nitrogen and oxygen atoms in total. The van der Waals surface area contributed by atoms with E-state index in [4.69, 9.17) is 21.4 Å². The fourth-order valence-electron chi connectivity index (χ4n) is 1.37. The van der Waals surface area contributed by atoms with Crippen LogP contribution in [0.4, 0.5) is 0 Å². The van der Waals surface area contributed by atoms with Crippen LogP contribution in [0.5, 0.6) is 5.75 Å². The van der Waals surface area contributed by atoms with Crippen molar-refractivity contribution in [2.45, 2.75) is 19.4 Å². The molecule has 0 aliphatic rings. The Morgan fingerprint density at radius 1 is 1.38 bits per heavy atom. The fourth-order valence-corrected chi connectivity index (χ4v) is 1.63. The summed E-state index contributed by atoms with van der Waals surface area (Å²) in [5, 5.41) is 12.3. The van der Waals surface area contributed by atoms with Crippen LogP contribution in [0.25, 0.3) is 0 Å². The highest BCUT2D eigenvalue weighted by Crippen LogP contribution is 2.25. The molecular weight excluding hydrogens is 226 g/mol. The van der Waals surface area contributed by atoms with Gasteiger partial charge in [-0.05, 0) is 37.6 Å². The molecule has 16 heavy (non-hydrogen) atoms. The Morgan fingerprint density at radius 2 is 2.19 bits per heavy atom. The van der Waals surface area contributed by atoms with Crippen LogP contribution in [0.3, 0.4) is 0 Å². The first-order valence-electron chi connectivity index (χ1n) is 5.44. The lowest BCUT2D eigenvalue weighted by Crippen LogP contribution is -2.05. The zero-order chi connectivity index (χ0) is 11.8. The van der Waals surface area contributed by atoms with Crippen LogP contribution in [0, 0.1) is 0 Å². The second-order valence-corrected chi connectivity index (χ2v) is 3.98. The highest BCUT2D eigenvalue weighted by Gasteiger charge is 2.02. The van der Waals surface area contributed by atoms with E-state index in [1.807, 2.05) is 25.2 Å². The molecule has 0 amide bonds. The quantitative estimate of drug-likeness (QED) is 0.722. The lowest BCUT2D eigenvalue weighted by atomic mass is 10.2. The van der Waals surface area contributed by atoms with Gasteiger partial charge in [-0.3, -0.25) is 0 Å². The Bertz CT molecular complexity index is 318. The largest absolute Gasteiger partial charge is 0.492 e. The molecule has 0 bridgehead atoms. The van der Waals surface area contributed by atoms with Crippen LogP contribution in [0.15, 0.2) is 18.2 Å². The predicted octanol–water partition coefficient (Wildman–Crippen LogP) is 2.21. The van der Waals surface area contributed by atoms with Crippen LogP contribution >= 0.6 is 11.6 Å². The van der Waals surface area contributed by atoms with Crippen molar-refractivity contribution in [1.29, 1.82) is 0 Å². The van der Waals surface area contributed by atoms with Crippen LogP contribution in [0.2, 0.25) is 5.02 Å². The molecule has 2 N–H and O–H groups in total. The molecule has 0 atom stereocenters. The molecule has 0 aromatic heterocycles. The van der Waals surface area contributed by atoms with Gasteiger partial charge in [-0.1, -0.05) is 17.7 Å². The molecule has 0 aliphatic heterocycles. The molecule has 90 valence electrons. The standard InChI is InChI=1S/C12H18ClNO2/c1-14-9-10-4-5-12(11(13)8-10)16-7-3-2-6-15/h4-5,8,14-15H,2-3,6-7,9H2,1H3. The third-order valence-electron chi connectivity index (χ3n) is 2.19. The maximum Gasteiger partial charge on any atom is 0.137 e. The van der Waals surface area contributed by atoms with Crippen molar-refractivity contribution in [1.82, 2.24) is 5.32 Å². The van der Waals surface area contributed by atoms with Gasteiger partial charge in [0, 0.05) is 13.2 Å². The number of unbranched alkanes of at least 4 members (excludes halogenated alkanes) is 1. The van der Waals surface area contributed by atoms with E-state index >= 15 is 0 Å². The van der Waals surface area contributed by atoms with E-state index in [2.05, 4.69) is 5.32 Å². The smallest absolute Gasteiger partial charge is 0.137 e. The van der Waals surface area contributed by atoms with E-state index in [1.54, 1.807) is 0 Å². The number of hydrogen-bond donors (Lipinski definition) is 2. The van der Waals surface area contributed by atoms with Gasteiger partial charge in [0.1, 0.15) is 5.75 Å². The average molecular weight is 244 g/mol. The summed E-state index contributed by atoms with van der Waals surface area (Å²) in [4.78, 5) is 0. The number of aliphatic hydroxyl groups is 1. The molecule has 0 saturated carbocycles. The van der Waals surface area contributed by atoms with Crippen LogP contribution < -0.4 is 10.1 Å². The maximum atomic E-state index is 8.62. The molecule has 0 spiro atoms. The van der Waals surface area contributed by atoms with E-state index in [0.29, 0.717) is 17.4 Å². The highest BCUT2D eigenvalue weighted by molar-refractivity contribution is 6.32. The Labute approximate surface area is 101 Å². The summed E-state index contributed by atoms with van der Waals surface area (Å²) in [6, 6.07) is 5.77. The van der Waals surface area contributed by atoms with Crippen molar-refractivity contribution in [2.24, 2.45) is 0 Å². The van der Waals surface area contributed by atoms with Crippen molar-refractivity contribution >= 4 is 11.6 Å². The summed E-state index contributed by atoms with van der Waals surface area (Å²) in [5.74, 6) is 0.708. The minimum atomic E-state index is 0.207. The molecule has 0 heterocycles. The summed E-state index contributed by atoms with van der Waals surface area (Å²) in [5.41, 5.74) is 1.13. The van der Waals surface area contributed by atoms with E-state index in [-0.39, 0.29) is 6.61 Å². The van der Waals surface area contributed by atoms with Gasteiger partial charge >= 0.3 is 0 Å². The third-order valence-corrected chi connectivity index (χ3v) is 2.48. The van der Waals surface area contributed by atoms with E-state index in [9.17, 15) is 0 Å². The Morgan fingerprint density at radius 3 is 2.81 bits per heavy atom. The van der Waals surface area contributed by atoms with E-state index in [0.717, 1.165) is 24.9 Å². The molecule has 0 radical (unpaired) electrons. The first-order chi connectivity index (χ1) is 7.77. The molecule has 4 heteroatoms. The number of hydrogen-bond acceptors (Lipinski definition) is 3. The number of ether oxygens (including phenoxy) is 1. The van der Waals surface area contributed by atoms with Gasteiger partial charge in [-0.2, -0.15) is 0 Å². The van der Waals surface area contributed by atoms with Crippen LogP contribution in [-0.4, -0.2) is 25.4 Å². The second kappa shape index (κ2) is 7.49. The summed E-state index contributed by atoms with van der Waals surface area (Å²) >= 11 is 6.08. The number of aliphatic hydroxyl groups excluding tert-OH is 1. The van der Waals surface area contributed by atoms with Gasteiger partial charge in [0.2, 0.25) is 0 Å². The lowest BCUT2D eigenvalue weighted by Gasteiger charge is -2.09. The number of benzene rings is 1. The Kier molecular flexibility index (Phi) is 6.23. The van der Waals surface area contributed by atoms with E-state index < -0.39 is 0 Å². The maximum absolute atomic E-state index is 8.62. The number of nitrogens with one attached hydrogen (secondary N) is 1. The molecule has 0 saturated heterocycles. The normalized spacial score (nSPS) is 10.4. The van der Waals surface area contributed by atoms with Crippen LogP contribution in [-0.2, 0) is 6.54 Å². The van der Waals surface area contributed by atoms with Crippen molar-refractivity contribution in [3.8, 4) is 5.75 Å². The summed E-state index contributed by atoms with van der Waals surface area (Å²) in [6.45, 7) is 1.59. The zero-order valence-corrected chi connectivity index (χ0v) is 10.3. The summed E-state index contributed by atoms with van der Waals surface area (Å²) < 4.78 is 5.51. The minimum Gasteiger partial charge on any atom is -0.492 e. The van der Waals surface area contributed by atoms with Gasteiger partial charge in [0.05, 0.1) is 11.6 Å². The van der Waals surface area contributed by atoms with Gasteiger partial charge in [0.25, 0.3) is 0 Å². The van der Waals surface area contributed by atoms with Crippen molar-refractivity contribution in [3.63, 3.8) is 0 Å². The van der Waals surface area contributed by atoms with Gasteiger partial charge < -0.3 is 15.2 Å². The van der Waals surface area contributed by atoms with Crippen molar-refractivity contribution in [2.75, 3.05) is 20.3 Å². The molecule has 1 aromatic carbocycles. The van der Waals surface area contributed by atoms with Gasteiger partial charge in [-0.25, -0.2) is 0 Å². The Balaban J connectivity index is 2.47. The molecule has 1 rings (SSSR count). The van der Waals surface area contributed by atoms with Crippen LogP contribution in [0.1, 0.15) is 18.4 Å².